The van der Waals surface area contributed by atoms with Crippen molar-refractivity contribution in [3.8, 4) is 5.75 Å². The van der Waals surface area contributed by atoms with Crippen molar-refractivity contribution >= 4 is 28.1 Å². The zero-order valence-corrected chi connectivity index (χ0v) is 16.4. The zero-order valence-electron chi connectivity index (χ0n) is 16.4. The number of benzene rings is 3. The van der Waals surface area contributed by atoms with Crippen molar-refractivity contribution in [3.05, 3.63) is 77.9 Å². The summed E-state index contributed by atoms with van der Waals surface area (Å²) in [4.78, 5) is 11.8. The van der Waals surface area contributed by atoms with Gasteiger partial charge < -0.3 is 15.7 Å². The Kier molecular flexibility index (Phi) is 4.27. The number of nitrogens with one attached hydrogen (secondary N) is 2. The number of carbonyl (C=O) groups is 1. The van der Waals surface area contributed by atoms with Crippen molar-refractivity contribution in [1.29, 1.82) is 0 Å². The number of hydrogen-bond donors (Lipinski definition) is 3. The molecule has 1 heterocycles. The monoisotopic (exact) mass is 384 g/mol. The summed E-state index contributed by atoms with van der Waals surface area (Å²) >= 11 is 0. The first-order valence-electron chi connectivity index (χ1n) is 10.2. The van der Waals surface area contributed by atoms with Gasteiger partial charge in [-0.1, -0.05) is 49.4 Å². The Balaban J connectivity index is 1.60. The summed E-state index contributed by atoms with van der Waals surface area (Å²) in [5, 5.41) is 19.7. The normalized spacial score (nSPS) is 22.0. The summed E-state index contributed by atoms with van der Waals surface area (Å²) in [6.45, 7) is 1.85. The van der Waals surface area contributed by atoms with Crippen LogP contribution in [-0.2, 0) is 4.79 Å². The van der Waals surface area contributed by atoms with E-state index in [0.29, 0.717) is 18.1 Å². The first-order chi connectivity index (χ1) is 14.2. The van der Waals surface area contributed by atoms with Crippen molar-refractivity contribution in [2.45, 2.75) is 31.7 Å². The summed E-state index contributed by atoms with van der Waals surface area (Å²) in [5.41, 5.74) is 4.07. The summed E-state index contributed by atoms with van der Waals surface area (Å²) in [7, 11) is 0. The van der Waals surface area contributed by atoms with Crippen molar-refractivity contribution in [1.82, 2.24) is 0 Å². The number of phenolic OH excluding ortho intramolecular Hbond substituents is 1. The summed E-state index contributed by atoms with van der Waals surface area (Å²) in [6, 6.07) is 18.1. The van der Waals surface area contributed by atoms with Gasteiger partial charge in [-0.05, 0) is 52.9 Å². The van der Waals surface area contributed by atoms with Gasteiger partial charge in [0.1, 0.15) is 5.75 Å². The van der Waals surface area contributed by atoms with Gasteiger partial charge >= 0.3 is 0 Å². The number of carbonyl (C=O) groups excluding carboxylic acids is 1. The molecule has 0 aromatic heterocycles. The van der Waals surface area contributed by atoms with Crippen LogP contribution in [0.15, 0.2) is 66.7 Å². The third-order valence-corrected chi connectivity index (χ3v) is 6.23. The van der Waals surface area contributed by atoms with Gasteiger partial charge in [0.15, 0.2) is 0 Å². The number of anilines is 2. The smallest absolute Gasteiger partial charge is 0.224 e. The van der Waals surface area contributed by atoms with Gasteiger partial charge in [0.05, 0.1) is 6.04 Å². The minimum atomic E-state index is 0.0182. The number of rotatable bonds is 3. The zero-order chi connectivity index (χ0) is 20.0. The number of hydrogen-bond acceptors (Lipinski definition) is 3. The second-order valence-electron chi connectivity index (χ2n) is 7.90. The Morgan fingerprint density at radius 3 is 2.90 bits per heavy atom. The predicted molar refractivity (Wildman–Crippen MR) is 117 cm³/mol. The van der Waals surface area contributed by atoms with Crippen molar-refractivity contribution in [2.75, 3.05) is 10.6 Å². The van der Waals surface area contributed by atoms with Gasteiger partial charge in [-0.3, -0.25) is 4.79 Å². The average molecular weight is 384 g/mol. The molecule has 2 aliphatic rings. The molecule has 1 amide bonds. The lowest BCUT2D eigenvalue weighted by molar-refractivity contribution is -0.115. The molecule has 146 valence electrons. The molecule has 5 rings (SSSR count). The lowest BCUT2D eigenvalue weighted by atomic mass is 9.76. The van der Waals surface area contributed by atoms with E-state index < -0.39 is 0 Å². The van der Waals surface area contributed by atoms with Gasteiger partial charge in [-0.2, -0.15) is 0 Å². The third-order valence-electron chi connectivity index (χ3n) is 6.23. The molecule has 0 fully saturated rings. The molecule has 3 aromatic rings. The standard InChI is InChI=1S/C25H24N2O2/c1-2-23(29)26-16-11-12-21-20(14-16)18-8-5-9-19(18)25(27-21)24-17-7-4-3-6-15(17)10-13-22(24)28/h3-8,10-14,18-19,25,27-28H,2,9H2,1H3,(H,26,29). The largest absolute Gasteiger partial charge is 0.508 e. The molecule has 0 saturated carbocycles. The van der Waals surface area contributed by atoms with E-state index in [4.69, 9.17) is 0 Å². The van der Waals surface area contributed by atoms with Gasteiger partial charge in [-0.15, -0.1) is 0 Å². The van der Waals surface area contributed by atoms with E-state index in [1.54, 1.807) is 6.07 Å². The van der Waals surface area contributed by atoms with Gasteiger partial charge in [-0.25, -0.2) is 0 Å². The highest BCUT2D eigenvalue weighted by atomic mass is 16.3. The number of phenols is 1. The molecule has 0 spiro atoms. The van der Waals surface area contributed by atoms with E-state index in [9.17, 15) is 9.90 Å². The molecule has 4 nitrogen and oxygen atoms in total. The van der Waals surface area contributed by atoms with Crippen LogP contribution >= 0.6 is 0 Å². The first kappa shape index (κ1) is 17.8. The first-order valence-corrected chi connectivity index (χ1v) is 10.2. The van der Waals surface area contributed by atoms with E-state index in [-0.39, 0.29) is 17.9 Å². The van der Waals surface area contributed by atoms with Gasteiger partial charge in [0.2, 0.25) is 5.91 Å². The number of allylic oxidation sites excluding steroid dienone is 2. The molecule has 3 aromatic carbocycles. The van der Waals surface area contributed by atoms with Gasteiger partial charge in [0.25, 0.3) is 0 Å². The van der Waals surface area contributed by atoms with Crippen LogP contribution in [0.25, 0.3) is 10.8 Å². The third kappa shape index (κ3) is 2.96. The topological polar surface area (TPSA) is 61.4 Å². The van der Waals surface area contributed by atoms with Crippen molar-refractivity contribution < 1.29 is 9.90 Å². The molecule has 0 radical (unpaired) electrons. The molecule has 4 heteroatoms. The number of amides is 1. The van der Waals surface area contributed by atoms with Gasteiger partial charge in [0, 0.05) is 29.3 Å². The summed E-state index contributed by atoms with van der Waals surface area (Å²) < 4.78 is 0. The number of fused-ring (bicyclic) bond motifs is 4. The van der Waals surface area contributed by atoms with Crippen LogP contribution in [0.5, 0.6) is 5.75 Å². The molecule has 29 heavy (non-hydrogen) atoms. The maximum absolute atomic E-state index is 11.8. The molecule has 3 atom stereocenters. The van der Waals surface area contributed by atoms with Crippen molar-refractivity contribution in [2.24, 2.45) is 5.92 Å². The van der Waals surface area contributed by atoms with Crippen LogP contribution in [0.1, 0.15) is 42.9 Å². The molecule has 3 unspecified atom stereocenters. The second kappa shape index (κ2) is 6.96. The van der Waals surface area contributed by atoms with Crippen LogP contribution in [-0.4, -0.2) is 11.0 Å². The molecule has 1 aliphatic carbocycles. The average Bonchev–Trinajstić information content (AvgIpc) is 3.24. The summed E-state index contributed by atoms with van der Waals surface area (Å²) in [5.74, 6) is 0.928. The fourth-order valence-electron chi connectivity index (χ4n) is 4.82. The second-order valence-corrected chi connectivity index (χ2v) is 7.90. The minimum Gasteiger partial charge on any atom is -0.508 e. The van der Waals surface area contributed by atoms with E-state index in [2.05, 4.69) is 41.0 Å². The molecule has 3 N–H and O–H groups in total. The van der Waals surface area contributed by atoms with Crippen LogP contribution in [0, 0.1) is 5.92 Å². The Hall–Kier alpha value is -3.27. The fourth-order valence-corrected chi connectivity index (χ4v) is 4.82. The minimum absolute atomic E-state index is 0.0182. The fraction of sp³-hybridized carbons (Fsp3) is 0.240. The lowest BCUT2D eigenvalue weighted by Gasteiger charge is -2.38. The maximum Gasteiger partial charge on any atom is 0.224 e. The molecule has 0 saturated heterocycles. The highest BCUT2D eigenvalue weighted by molar-refractivity contribution is 5.91. The molecule has 1 aliphatic heterocycles. The quantitative estimate of drug-likeness (QED) is 0.506. The highest BCUT2D eigenvalue weighted by Crippen LogP contribution is 2.52. The number of aromatic hydroxyl groups is 1. The van der Waals surface area contributed by atoms with E-state index in [1.165, 1.54) is 5.56 Å². The van der Waals surface area contributed by atoms with Crippen LogP contribution in [0.4, 0.5) is 11.4 Å². The Morgan fingerprint density at radius 1 is 1.17 bits per heavy atom. The highest BCUT2D eigenvalue weighted by Gasteiger charge is 2.39. The van der Waals surface area contributed by atoms with E-state index in [1.807, 2.05) is 37.3 Å². The maximum atomic E-state index is 11.8. The lowest BCUT2D eigenvalue weighted by Crippen LogP contribution is -2.29. The molecule has 0 bridgehead atoms. The summed E-state index contributed by atoms with van der Waals surface area (Å²) in [6.07, 6.45) is 5.92. The van der Waals surface area contributed by atoms with Crippen LogP contribution in [0.3, 0.4) is 0 Å². The predicted octanol–water partition coefficient (Wildman–Crippen LogP) is 5.72. The van der Waals surface area contributed by atoms with E-state index in [0.717, 1.165) is 34.1 Å². The van der Waals surface area contributed by atoms with Crippen LogP contribution < -0.4 is 10.6 Å². The Morgan fingerprint density at radius 2 is 2.03 bits per heavy atom. The SMILES string of the molecule is CCC(=O)Nc1ccc2c(c1)C1C=CCC1C(c1c(O)ccc3ccccc13)N2. The van der Waals surface area contributed by atoms with Crippen molar-refractivity contribution in [3.63, 3.8) is 0 Å². The Bertz CT molecular complexity index is 1130. The molecular weight excluding hydrogens is 360 g/mol. The van der Waals surface area contributed by atoms with Crippen LogP contribution in [0.2, 0.25) is 0 Å². The Labute approximate surface area is 170 Å². The van der Waals surface area contributed by atoms with E-state index >= 15 is 0 Å². The molecular formula is C25H24N2O2.